The van der Waals surface area contributed by atoms with E-state index in [0.29, 0.717) is 11.3 Å². The highest BCUT2D eigenvalue weighted by Gasteiger charge is 2.33. The van der Waals surface area contributed by atoms with Gasteiger partial charge in [-0.15, -0.1) is 0 Å². The van der Waals surface area contributed by atoms with Crippen molar-refractivity contribution in [3.8, 4) is 0 Å². The predicted octanol–water partition coefficient (Wildman–Crippen LogP) is -1.21. The van der Waals surface area contributed by atoms with E-state index in [1.807, 2.05) is 12.1 Å². The molecular formula is C26H33N7O8. The fraction of sp³-hybridized carbons (Fsp3) is 0.385. The lowest BCUT2D eigenvalue weighted by Crippen LogP contribution is -2.60. The maximum Gasteiger partial charge on any atom is 0.326 e. The molecule has 1 aromatic carbocycles. The van der Waals surface area contributed by atoms with Gasteiger partial charge < -0.3 is 47.0 Å². The first-order valence-electron chi connectivity index (χ1n) is 12.8. The third-order valence-electron chi connectivity index (χ3n) is 6.39. The molecule has 220 valence electrons. The summed E-state index contributed by atoms with van der Waals surface area (Å²) in [5.74, 6) is -5.30. The first kappa shape index (κ1) is 30.8. The van der Waals surface area contributed by atoms with Crippen molar-refractivity contribution in [3.63, 3.8) is 0 Å². The monoisotopic (exact) mass is 571 g/mol. The number of nitrogens with one attached hydrogen (secondary N) is 5. The van der Waals surface area contributed by atoms with Crippen LogP contribution < -0.4 is 21.7 Å². The molecule has 3 rings (SSSR count). The second-order valence-corrected chi connectivity index (χ2v) is 9.57. The minimum atomic E-state index is -1.54. The number of carboxylic acids is 2. The molecule has 0 aliphatic carbocycles. The smallest absolute Gasteiger partial charge is 0.326 e. The Morgan fingerprint density at radius 1 is 0.951 bits per heavy atom. The van der Waals surface area contributed by atoms with Crippen LogP contribution in [0.1, 0.15) is 31.0 Å². The molecule has 0 aliphatic rings. The molecule has 15 heteroatoms. The molecule has 5 unspecified atom stereocenters. The van der Waals surface area contributed by atoms with E-state index in [1.54, 1.807) is 18.3 Å². The Morgan fingerprint density at radius 2 is 1.66 bits per heavy atom. The highest BCUT2D eigenvalue weighted by Crippen LogP contribution is 2.19. The van der Waals surface area contributed by atoms with Gasteiger partial charge in [-0.3, -0.25) is 19.2 Å². The number of aromatic amines is 2. The number of hydrogen-bond acceptors (Lipinski definition) is 8. The summed E-state index contributed by atoms with van der Waals surface area (Å²) in [6, 6.07) is 1.67. The molecule has 2 heterocycles. The Kier molecular flexibility index (Phi) is 10.5. The van der Waals surface area contributed by atoms with Crippen LogP contribution in [-0.4, -0.2) is 90.2 Å². The average molecular weight is 572 g/mol. The van der Waals surface area contributed by atoms with Crippen LogP contribution in [-0.2, 0) is 36.8 Å². The van der Waals surface area contributed by atoms with Crippen molar-refractivity contribution in [2.45, 2.75) is 62.9 Å². The van der Waals surface area contributed by atoms with Gasteiger partial charge in [0.1, 0.15) is 18.1 Å². The molecule has 2 aromatic heterocycles. The first-order chi connectivity index (χ1) is 19.5. The molecule has 3 amide bonds. The second-order valence-electron chi connectivity index (χ2n) is 9.57. The highest BCUT2D eigenvalue weighted by molar-refractivity contribution is 5.95. The van der Waals surface area contributed by atoms with E-state index in [9.17, 15) is 34.2 Å². The molecule has 0 saturated carbocycles. The molecule has 41 heavy (non-hydrogen) atoms. The topological polar surface area (TPSA) is 253 Å². The number of carboxylic acid groups (broad SMARTS) is 2. The highest BCUT2D eigenvalue weighted by atomic mass is 16.4. The average Bonchev–Trinajstić information content (AvgIpc) is 3.58. The number of aliphatic hydroxyl groups excluding tert-OH is 1. The van der Waals surface area contributed by atoms with Crippen molar-refractivity contribution in [2.24, 2.45) is 5.73 Å². The van der Waals surface area contributed by atoms with Crippen molar-refractivity contribution in [2.75, 3.05) is 0 Å². The van der Waals surface area contributed by atoms with Gasteiger partial charge in [0.25, 0.3) is 0 Å². The number of benzene rings is 1. The normalized spacial score (nSPS) is 14.8. The minimum absolute atomic E-state index is 0.0661. The fourth-order valence-electron chi connectivity index (χ4n) is 4.18. The first-order valence-corrected chi connectivity index (χ1v) is 12.8. The van der Waals surface area contributed by atoms with Gasteiger partial charge in [-0.1, -0.05) is 18.2 Å². The predicted molar refractivity (Wildman–Crippen MR) is 144 cm³/mol. The van der Waals surface area contributed by atoms with Crippen LogP contribution >= 0.6 is 0 Å². The summed E-state index contributed by atoms with van der Waals surface area (Å²) in [4.78, 5) is 71.6. The second kappa shape index (κ2) is 14.0. The number of fused-ring (bicyclic) bond motifs is 1. The summed E-state index contributed by atoms with van der Waals surface area (Å²) in [7, 11) is 0. The number of hydrogen-bond donors (Lipinski definition) is 9. The van der Waals surface area contributed by atoms with Crippen LogP contribution in [0, 0.1) is 0 Å². The standard InChI is InChI=1S/C26H33N7O8/c1-13(34)22(33-23(37)17(27)9-15-11-28-12-30-15)25(39)31-19(6-7-21(35)36)24(38)32-20(26(40)41)8-14-10-29-18-5-3-2-4-16(14)18/h2-5,10-13,17,19-20,22,29,34H,6-9,27H2,1H3,(H,28,30)(H,31,39)(H,32,38)(H,33,37)(H,35,36)(H,40,41). The Bertz CT molecular complexity index is 1370. The summed E-state index contributed by atoms with van der Waals surface area (Å²) in [6.45, 7) is 1.24. The van der Waals surface area contributed by atoms with Gasteiger partial charge >= 0.3 is 11.9 Å². The van der Waals surface area contributed by atoms with Crippen LogP contribution in [0.15, 0.2) is 43.0 Å². The lowest BCUT2D eigenvalue weighted by atomic mass is 10.0. The number of H-pyrrole nitrogens is 2. The molecule has 10 N–H and O–H groups in total. The van der Waals surface area contributed by atoms with Crippen molar-refractivity contribution < 1.29 is 39.3 Å². The van der Waals surface area contributed by atoms with Gasteiger partial charge in [-0.25, -0.2) is 9.78 Å². The Hall–Kier alpha value is -4.76. The molecule has 3 aromatic rings. The third-order valence-corrected chi connectivity index (χ3v) is 6.39. The van der Waals surface area contributed by atoms with E-state index >= 15 is 0 Å². The van der Waals surface area contributed by atoms with E-state index < -0.39 is 66.4 Å². The zero-order chi connectivity index (χ0) is 30.1. The Labute approximate surface area is 233 Å². The van der Waals surface area contributed by atoms with Crippen molar-refractivity contribution in [1.29, 1.82) is 0 Å². The number of para-hydroxylation sites is 1. The molecular weight excluding hydrogens is 538 g/mol. The van der Waals surface area contributed by atoms with Crippen LogP contribution in [0.4, 0.5) is 0 Å². The number of nitrogens with two attached hydrogens (primary N) is 1. The molecule has 0 spiro atoms. The van der Waals surface area contributed by atoms with Gasteiger partial charge in [0.2, 0.25) is 17.7 Å². The molecule has 15 nitrogen and oxygen atoms in total. The molecule has 0 fully saturated rings. The van der Waals surface area contributed by atoms with Crippen LogP contribution in [0.3, 0.4) is 0 Å². The maximum absolute atomic E-state index is 13.1. The van der Waals surface area contributed by atoms with Crippen molar-refractivity contribution in [1.82, 2.24) is 30.9 Å². The van der Waals surface area contributed by atoms with E-state index in [1.165, 1.54) is 19.4 Å². The number of amides is 3. The number of rotatable bonds is 15. The zero-order valence-corrected chi connectivity index (χ0v) is 22.2. The number of carbonyl (C=O) groups excluding carboxylic acids is 3. The Balaban J connectivity index is 1.71. The van der Waals surface area contributed by atoms with E-state index in [4.69, 9.17) is 10.8 Å². The van der Waals surface area contributed by atoms with Gasteiger partial charge in [0.15, 0.2) is 0 Å². The van der Waals surface area contributed by atoms with Crippen molar-refractivity contribution in [3.05, 3.63) is 54.2 Å². The van der Waals surface area contributed by atoms with E-state index in [0.717, 1.165) is 10.9 Å². The lowest BCUT2D eigenvalue weighted by molar-refractivity contribution is -0.143. The zero-order valence-electron chi connectivity index (χ0n) is 22.2. The number of aromatic nitrogens is 3. The number of aliphatic hydroxyl groups is 1. The van der Waals surface area contributed by atoms with Crippen molar-refractivity contribution >= 4 is 40.6 Å². The fourth-order valence-corrected chi connectivity index (χ4v) is 4.18. The maximum atomic E-state index is 13.1. The SMILES string of the molecule is CC(O)C(NC(=O)C(N)Cc1cnc[nH]1)C(=O)NC(CCC(=O)O)C(=O)NC(Cc1c[nH]c2ccccc12)C(=O)O. The van der Waals surface area contributed by atoms with Gasteiger partial charge in [-0.2, -0.15) is 0 Å². The van der Waals surface area contributed by atoms with Gasteiger partial charge in [-0.05, 0) is 25.0 Å². The largest absolute Gasteiger partial charge is 0.481 e. The molecule has 0 radical (unpaired) electrons. The van der Waals surface area contributed by atoms with Gasteiger partial charge in [0.05, 0.1) is 18.5 Å². The number of aliphatic carboxylic acids is 2. The minimum Gasteiger partial charge on any atom is -0.481 e. The summed E-state index contributed by atoms with van der Waals surface area (Å²) >= 11 is 0. The summed E-state index contributed by atoms with van der Waals surface area (Å²) < 4.78 is 0. The lowest BCUT2D eigenvalue weighted by Gasteiger charge is -2.26. The molecule has 0 aliphatic heterocycles. The summed E-state index contributed by atoms with van der Waals surface area (Å²) in [5.41, 5.74) is 7.87. The van der Waals surface area contributed by atoms with Crippen LogP contribution in [0.5, 0.6) is 0 Å². The van der Waals surface area contributed by atoms with Crippen LogP contribution in [0.25, 0.3) is 10.9 Å². The summed E-state index contributed by atoms with van der Waals surface area (Å²) in [6.07, 6.45) is 2.15. The molecule has 5 atom stereocenters. The Morgan fingerprint density at radius 3 is 2.29 bits per heavy atom. The molecule has 0 saturated heterocycles. The van der Waals surface area contributed by atoms with E-state index in [-0.39, 0.29) is 19.3 Å². The van der Waals surface area contributed by atoms with Crippen LogP contribution in [0.2, 0.25) is 0 Å². The summed E-state index contributed by atoms with van der Waals surface area (Å²) in [5, 5.41) is 36.9. The van der Waals surface area contributed by atoms with E-state index in [2.05, 4.69) is 30.9 Å². The quantitative estimate of drug-likeness (QED) is 0.105. The van der Waals surface area contributed by atoms with Gasteiger partial charge in [0, 0.05) is 48.3 Å². The number of imidazole rings is 1. The molecule has 0 bridgehead atoms. The third kappa shape index (κ3) is 8.61. The number of carbonyl (C=O) groups is 5. The number of nitrogens with zero attached hydrogens (tertiary/aromatic N) is 1.